The van der Waals surface area contributed by atoms with Crippen LogP contribution < -0.4 is 11.1 Å². The quantitative estimate of drug-likeness (QED) is 0.872. The highest BCUT2D eigenvalue weighted by molar-refractivity contribution is 5.45. The molecular weight excluding hydrogens is 234 g/mol. The highest BCUT2D eigenvalue weighted by Crippen LogP contribution is 2.20. The fourth-order valence-corrected chi connectivity index (χ4v) is 1.79. The van der Waals surface area contributed by atoms with Gasteiger partial charge in [-0.25, -0.2) is 8.78 Å². The molecule has 0 bridgehead atoms. The summed E-state index contributed by atoms with van der Waals surface area (Å²) in [6.07, 6.45) is 0. The first-order chi connectivity index (χ1) is 8.69. The Morgan fingerprint density at radius 3 is 2.17 bits per heavy atom. The number of rotatable bonds is 4. The largest absolute Gasteiger partial charge is 0.377 e. The zero-order chi connectivity index (χ0) is 13.0. The zero-order valence-corrected chi connectivity index (χ0v) is 9.74. The summed E-state index contributed by atoms with van der Waals surface area (Å²) < 4.78 is 26.3. The Morgan fingerprint density at radius 2 is 1.61 bits per heavy atom. The molecule has 0 radical (unpaired) electrons. The Balaban J connectivity index is 2.23. The van der Waals surface area contributed by atoms with Crippen LogP contribution in [0.15, 0.2) is 48.5 Å². The van der Waals surface area contributed by atoms with Crippen LogP contribution in [0.5, 0.6) is 0 Å². The third-order valence-corrected chi connectivity index (χ3v) is 2.64. The maximum absolute atomic E-state index is 13.2. The van der Waals surface area contributed by atoms with Gasteiger partial charge in [0.1, 0.15) is 11.6 Å². The van der Waals surface area contributed by atoms with Crippen LogP contribution in [0.3, 0.4) is 0 Å². The molecule has 2 nitrogen and oxygen atoms in total. The molecule has 0 aliphatic rings. The van der Waals surface area contributed by atoms with Crippen molar-refractivity contribution in [3.05, 3.63) is 65.7 Å². The highest BCUT2D eigenvalue weighted by atomic mass is 19.1. The number of hydrogen-bond donors (Lipinski definition) is 2. The van der Waals surface area contributed by atoms with Crippen LogP contribution in [0, 0.1) is 11.6 Å². The average molecular weight is 248 g/mol. The van der Waals surface area contributed by atoms with E-state index in [-0.39, 0.29) is 12.6 Å². The lowest BCUT2D eigenvalue weighted by Gasteiger charge is -2.18. The van der Waals surface area contributed by atoms with Crippen molar-refractivity contribution in [3.63, 3.8) is 0 Å². The van der Waals surface area contributed by atoms with E-state index in [0.29, 0.717) is 5.56 Å². The molecule has 3 N–H and O–H groups in total. The first kappa shape index (κ1) is 12.5. The normalized spacial score (nSPS) is 12.2. The molecule has 0 heterocycles. The highest BCUT2D eigenvalue weighted by Gasteiger charge is 2.11. The number of hydrogen-bond acceptors (Lipinski definition) is 2. The maximum Gasteiger partial charge on any atom is 0.126 e. The molecule has 2 aromatic rings. The molecule has 94 valence electrons. The summed E-state index contributed by atoms with van der Waals surface area (Å²) >= 11 is 0. The third-order valence-electron chi connectivity index (χ3n) is 2.64. The Morgan fingerprint density at radius 1 is 1.00 bits per heavy atom. The summed E-state index contributed by atoms with van der Waals surface area (Å²) in [4.78, 5) is 0. The summed E-state index contributed by atoms with van der Waals surface area (Å²) in [6.45, 7) is 0.248. The first-order valence-electron chi connectivity index (χ1n) is 5.66. The summed E-state index contributed by atoms with van der Waals surface area (Å²) in [5, 5.41) is 3.14. The molecule has 4 heteroatoms. The molecule has 18 heavy (non-hydrogen) atoms. The van der Waals surface area contributed by atoms with E-state index in [0.717, 1.165) is 11.8 Å². The van der Waals surface area contributed by atoms with E-state index in [1.807, 2.05) is 30.3 Å². The van der Waals surface area contributed by atoms with Gasteiger partial charge in [-0.3, -0.25) is 0 Å². The summed E-state index contributed by atoms with van der Waals surface area (Å²) in [5.74, 6) is -1.20. The lowest BCUT2D eigenvalue weighted by atomic mass is 10.1. The fourth-order valence-electron chi connectivity index (χ4n) is 1.79. The van der Waals surface area contributed by atoms with E-state index in [9.17, 15) is 8.78 Å². The van der Waals surface area contributed by atoms with E-state index in [2.05, 4.69) is 5.32 Å². The van der Waals surface area contributed by atoms with E-state index >= 15 is 0 Å². The Bertz CT molecular complexity index is 494. The molecule has 0 saturated carbocycles. The second-order valence-electron chi connectivity index (χ2n) is 4.00. The topological polar surface area (TPSA) is 38.0 Å². The monoisotopic (exact) mass is 248 g/mol. The molecular formula is C14H14F2N2. The van der Waals surface area contributed by atoms with Crippen LogP contribution in [-0.2, 0) is 0 Å². The number of para-hydroxylation sites is 1. The molecule has 0 fully saturated rings. The lowest BCUT2D eigenvalue weighted by molar-refractivity contribution is 0.576. The summed E-state index contributed by atoms with van der Waals surface area (Å²) in [7, 11) is 0. The standard InChI is InChI=1S/C14H14F2N2/c15-11-6-10(7-12(16)8-11)14(9-17)18-13-4-2-1-3-5-13/h1-8,14,18H,9,17H2. The molecule has 0 spiro atoms. The van der Waals surface area contributed by atoms with Crippen molar-refractivity contribution in [3.8, 4) is 0 Å². The second-order valence-corrected chi connectivity index (χ2v) is 4.00. The fraction of sp³-hybridized carbons (Fsp3) is 0.143. The molecule has 0 aliphatic carbocycles. The number of nitrogens with one attached hydrogen (secondary N) is 1. The molecule has 0 aliphatic heterocycles. The van der Waals surface area contributed by atoms with E-state index in [1.54, 1.807) is 0 Å². The first-order valence-corrected chi connectivity index (χ1v) is 5.66. The molecule has 2 aromatic carbocycles. The van der Waals surface area contributed by atoms with Crippen LogP contribution in [0.1, 0.15) is 11.6 Å². The van der Waals surface area contributed by atoms with Crippen LogP contribution in [0.4, 0.5) is 14.5 Å². The van der Waals surface area contributed by atoms with Gasteiger partial charge in [0.05, 0.1) is 6.04 Å². The smallest absolute Gasteiger partial charge is 0.126 e. The van der Waals surface area contributed by atoms with Crippen LogP contribution in [0.25, 0.3) is 0 Å². The van der Waals surface area contributed by atoms with Crippen LogP contribution >= 0.6 is 0 Å². The van der Waals surface area contributed by atoms with E-state index in [1.165, 1.54) is 12.1 Å². The maximum atomic E-state index is 13.2. The van der Waals surface area contributed by atoms with Crippen LogP contribution in [-0.4, -0.2) is 6.54 Å². The minimum atomic E-state index is -0.599. The van der Waals surface area contributed by atoms with Crippen molar-refractivity contribution in [2.24, 2.45) is 5.73 Å². The van der Waals surface area contributed by atoms with Gasteiger partial charge in [-0.05, 0) is 29.8 Å². The average Bonchev–Trinajstić information content (AvgIpc) is 2.36. The van der Waals surface area contributed by atoms with Crippen molar-refractivity contribution >= 4 is 5.69 Å². The van der Waals surface area contributed by atoms with Gasteiger partial charge in [0, 0.05) is 18.3 Å². The minimum Gasteiger partial charge on any atom is -0.377 e. The van der Waals surface area contributed by atoms with Crippen molar-refractivity contribution in [1.82, 2.24) is 0 Å². The Kier molecular flexibility index (Phi) is 3.89. The predicted octanol–water partition coefficient (Wildman–Crippen LogP) is 3.08. The van der Waals surface area contributed by atoms with Crippen molar-refractivity contribution in [2.45, 2.75) is 6.04 Å². The number of benzene rings is 2. The van der Waals surface area contributed by atoms with Gasteiger partial charge in [-0.2, -0.15) is 0 Å². The van der Waals surface area contributed by atoms with Gasteiger partial charge >= 0.3 is 0 Å². The third kappa shape index (κ3) is 3.05. The number of nitrogens with two attached hydrogens (primary N) is 1. The van der Waals surface area contributed by atoms with E-state index < -0.39 is 11.6 Å². The second kappa shape index (κ2) is 5.60. The zero-order valence-electron chi connectivity index (χ0n) is 9.74. The van der Waals surface area contributed by atoms with Gasteiger partial charge in [0.2, 0.25) is 0 Å². The summed E-state index contributed by atoms with van der Waals surface area (Å²) in [6, 6.07) is 12.5. The van der Waals surface area contributed by atoms with E-state index in [4.69, 9.17) is 5.73 Å². The van der Waals surface area contributed by atoms with Gasteiger partial charge in [0.15, 0.2) is 0 Å². The Labute approximate surface area is 104 Å². The van der Waals surface area contributed by atoms with Crippen molar-refractivity contribution < 1.29 is 8.78 Å². The molecule has 2 rings (SSSR count). The minimum absolute atomic E-state index is 0.248. The number of halogens is 2. The van der Waals surface area contributed by atoms with Gasteiger partial charge in [0.25, 0.3) is 0 Å². The number of anilines is 1. The molecule has 0 aromatic heterocycles. The molecule has 1 atom stereocenters. The molecule has 0 amide bonds. The SMILES string of the molecule is NCC(Nc1ccccc1)c1cc(F)cc(F)c1. The molecule has 1 unspecified atom stereocenters. The van der Waals surface area contributed by atoms with Gasteiger partial charge < -0.3 is 11.1 Å². The van der Waals surface area contributed by atoms with Crippen molar-refractivity contribution in [1.29, 1.82) is 0 Å². The van der Waals surface area contributed by atoms with Crippen LogP contribution in [0.2, 0.25) is 0 Å². The Hall–Kier alpha value is -1.94. The van der Waals surface area contributed by atoms with Crippen molar-refractivity contribution in [2.75, 3.05) is 11.9 Å². The predicted molar refractivity (Wildman–Crippen MR) is 68.2 cm³/mol. The summed E-state index contributed by atoms with van der Waals surface area (Å²) in [5.41, 5.74) is 7.00. The van der Waals surface area contributed by atoms with Gasteiger partial charge in [-0.15, -0.1) is 0 Å². The molecule has 0 saturated heterocycles. The van der Waals surface area contributed by atoms with Gasteiger partial charge in [-0.1, -0.05) is 18.2 Å². The lowest BCUT2D eigenvalue weighted by Crippen LogP contribution is -2.20.